The molecule has 2 fully saturated rings. The maximum absolute atomic E-state index is 12.3. The van der Waals surface area contributed by atoms with Gasteiger partial charge >= 0.3 is 0 Å². The molecule has 0 spiro atoms. The highest BCUT2D eigenvalue weighted by Gasteiger charge is 2.30. The van der Waals surface area contributed by atoms with Crippen LogP contribution in [0.15, 0.2) is 30.3 Å². The Morgan fingerprint density at radius 2 is 1.34 bits per heavy atom. The summed E-state index contributed by atoms with van der Waals surface area (Å²) in [6.45, 7) is 1.75. The third kappa shape index (κ3) is 11.0. The molecule has 0 saturated heterocycles. The van der Waals surface area contributed by atoms with Crippen LogP contribution in [0.3, 0.4) is 0 Å². The minimum atomic E-state index is -2.43. The zero-order valence-electron chi connectivity index (χ0n) is 22.2. The van der Waals surface area contributed by atoms with E-state index in [1.807, 2.05) is 12.1 Å². The van der Waals surface area contributed by atoms with Gasteiger partial charge in [0, 0.05) is 0 Å². The maximum atomic E-state index is 12.3. The molecule has 0 heterocycles. The van der Waals surface area contributed by atoms with E-state index in [-0.39, 0.29) is 0 Å². The van der Waals surface area contributed by atoms with Crippen LogP contribution >= 0.6 is 0 Å². The van der Waals surface area contributed by atoms with Gasteiger partial charge in [0.15, 0.2) is 0 Å². The molecule has 0 radical (unpaired) electrons. The summed E-state index contributed by atoms with van der Waals surface area (Å²) in [4.78, 5) is 0. The molecule has 1 aromatic rings. The molecule has 1 nitrogen and oxygen atoms in total. The highest BCUT2D eigenvalue weighted by atomic mass is 19.3. The molecule has 0 aliphatic heterocycles. The summed E-state index contributed by atoms with van der Waals surface area (Å²) in [6, 6.07) is 7.47. The molecule has 2 aliphatic carbocycles. The van der Waals surface area contributed by atoms with Gasteiger partial charge in [-0.2, -0.15) is 0 Å². The van der Waals surface area contributed by atoms with E-state index in [2.05, 4.69) is 19.1 Å². The first-order chi connectivity index (χ1) is 17.1. The van der Waals surface area contributed by atoms with Crippen LogP contribution in [0.2, 0.25) is 0 Å². The van der Waals surface area contributed by atoms with Crippen LogP contribution in [0.25, 0.3) is 6.08 Å². The Morgan fingerprint density at radius 3 is 1.94 bits per heavy atom. The number of unbranched alkanes of at least 4 members (excludes halogenated alkanes) is 7. The second kappa shape index (κ2) is 16.4. The molecule has 0 amide bonds. The van der Waals surface area contributed by atoms with Gasteiger partial charge < -0.3 is 4.74 Å². The van der Waals surface area contributed by atoms with Gasteiger partial charge in [-0.15, -0.1) is 0 Å². The zero-order chi connectivity index (χ0) is 24.7. The average molecular weight is 489 g/mol. The first-order valence-electron chi connectivity index (χ1n) is 14.8. The zero-order valence-corrected chi connectivity index (χ0v) is 22.2. The number of alkyl halides is 2. The molecular formula is C32H50F2O. The Balaban J connectivity index is 1.25. The van der Waals surface area contributed by atoms with Crippen LogP contribution in [0.5, 0.6) is 5.75 Å². The standard InChI is InChI=1S/C32H50F2O/c1-2-3-4-5-6-7-8-9-10-26-13-19-29(20-14-26)30-21-15-27(16-22-30)11-12-28-17-23-31(24-18-28)35-25-32(33)34/h11-12,17-18,23-24,26-27,29-30,32H,2-10,13-16,19-22,25H2,1H3. The van der Waals surface area contributed by atoms with Crippen molar-refractivity contribution >= 4 is 6.08 Å². The van der Waals surface area contributed by atoms with Crippen molar-refractivity contribution in [2.45, 2.75) is 123 Å². The van der Waals surface area contributed by atoms with Crippen LogP contribution in [0.1, 0.15) is 122 Å². The molecule has 0 atom stereocenters. The molecule has 0 N–H and O–H groups in total. The minimum absolute atomic E-state index is 0.510. The Kier molecular flexibility index (Phi) is 13.2. The molecular weight excluding hydrogens is 438 g/mol. The van der Waals surface area contributed by atoms with Gasteiger partial charge in [-0.3, -0.25) is 0 Å². The Labute approximate surface area is 214 Å². The summed E-state index contributed by atoms with van der Waals surface area (Å²) in [5.41, 5.74) is 1.12. The van der Waals surface area contributed by atoms with Crippen LogP contribution < -0.4 is 4.74 Å². The van der Waals surface area contributed by atoms with E-state index in [9.17, 15) is 8.78 Å². The summed E-state index contributed by atoms with van der Waals surface area (Å²) in [7, 11) is 0. The third-order valence-electron chi connectivity index (χ3n) is 8.66. The number of hydrogen-bond acceptors (Lipinski definition) is 1. The number of benzene rings is 1. The Bertz CT molecular complexity index is 682. The van der Waals surface area contributed by atoms with E-state index in [0.29, 0.717) is 11.7 Å². The Hall–Kier alpha value is -1.38. The second-order valence-electron chi connectivity index (χ2n) is 11.3. The van der Waals surface area contributed by atoms with Crippen molar-refractivity contribution in [1.29, 1.82) is 0 Å². The van der Waals surface area contributed by atoms with Crippen molar-refractivity contribution in [1.82, 2.24) is 0 Å². The molecule has 2 aliphatic rings. The van der Waals surface area contributed by atoms with E-state index in [1.54, 1.807) is 12.1 Å². The monoisotopic (exact) mass is 488 g/mol. The molecule has 0 unspecified atom stereocenters. The third-order valence-corrected chi connectivity index (χ3v) is 8.66. The van der Waals surface area contributed by atoms with Crippen molar-refractivity contribution in [3.63, 3.8) is 0 Å². The number of halogens is 2. The first-order valence-corrected chi connectivity index (χ1v) is 14.8. The lowest BCUT2D eigenvalue weighted by Gasteiger charge is -2.37. The van der Waals surface area contributed by atoms with Crippen LogP contribution in [0.4, 0.5) is 8.78 Å². The summed E-state index contributed by atoms with van der Waals surface area (Å²) >= 11 is 0. The highest BCUT2D eigenvalue weighted by Crippen LogP contribution is 2.42. The van der Waals surface area contributed by atoms with Crippen LogP contribution in [-0.4, -0.2) is 13.0 Å². The normalized spacial score (nSPS) is 25.4. The molecule has 3 heteroatoms. The topological polar surface area (TPSA) is 9.23 Å². The number of hydrogen-bond donors (Lipinski definition) is 0. The first kappa shape index (κ1) is 28.2. The smallest absolute Gasteiger partial charge is 0.272 e. The summed E-state index contributed by atoms with van der Waals surface area (Å²) < 4.78 is 29.6. The highest BCUT2D eigenvalue weighted by molar-refractivity contribution is 5.50. The summed E-state index contributed by atoms with van der Waals surface area (Å²) in [5.74, 6) is 4.14. The predicted octanol–water partition coefficient (Wildman–Crippen LogP) is 10.5. The van der Waals surface area contributed by atoms with Gasteiger partial charge in [0.2, 0.25) is 0 Å². The minimum Gasteiger partial charge on any atom is -0.488 e. The number of ether oxygens (including phenoxy) is 1. The molecule has 3 rings (SSSR count). The largest absolute Gasteiger partial charge is 0.488 e. The lowest BCUT2D eigenvalue weighted by Crippen LogP contribution is -2.25. The molecule has 0 aromatic heterocycles. The fourth-order valence-electron chi connectivity index (χ4n) is 6.41. The molecule has 35 heavy (non-hydrogen) atoms. The Morgan fingerprint density at radius 1 is 0.771 bits per heavy atom. The van der Waals surface area contributed by atoms with Gasteiger partial charge in [-0.25, -0.2) is 8.78 Å². The van der Waals surface area contributed by atoms with Crippen molar-refractivity contribution < 1.29 is 13.5 Å². The van der Waals surface area contributed by atoms with Gasteiger partial charge in [0.25, 0.3) is 6.43 Å². The van der Waals surface area contributed by atoms with E-state index in [1.165, 1.54) is 109 Å². The van der Waals surface area contributed by atoms with Gasteiger partial charge in [0.1, 0.15) is 12.4 Å². The quantitative estimate of drug-likeness (QED) is 0.223. The van der Waals surface area contributed by atoms with Crippen molar-refractivity contribution in [2.24, 2.45) is 23.7 Å². The van der Waals surface area contributed by atoms with Crippen molar-refractivity contribution in [2.75, 3.05) is 6.61 Å². The van der Waals surface area contributed by atoms with Gasteiger partial charge in [0.05, 0.1) is 0 Å². The maximum Gasteiger partial charge on any atom is 0.272 e. The number of rotatable bonds is 15. The molecule has 0 bridgehead atoms. The summed E-state index contributed by atoms with van der Waals surface area (Å²) in [5, 5.41) is 0. The van der Waals surface area contributed by atoms with E-state index < -0.39 is 13.0 Å². The predicted molar refractivity (Wildman–Crippen MR) is 145 cm³/mol. The fourth-order valence-corrected chi connectivity index (χ4v) is 6.41. The van der Waals surface area contributed by atoms with E-state index in [4.69, 9.17) is 4.74 Å². The second-order valence-corrected chi connectivity index (χ2v) is 11.3. The van der Waals surface area contributed by atoms with Crippen molar-refractivity contribution in [3.8, 4) is 5.75 Å². The average Bonchev–Trinajstić information content (AvgIpc) is 2.89. The lowest BCUT2D eigenvalue weighted by atomic mass is 9.68. The molecule has 2 saturated carbocycles. The van der Waals surface area contributed by atoms with E-state index >= 15 is 0 Å². The summed E-state index contributed by atoms with van der Waals surface area (Å²) in [6.07, 6.45) is 26.4. The fraction of sp³-hybridized carbons (Fsp3) is 0.750. The molecule has 1 aromatic carbocycles. The lowest BCUT2D eigenvalue weighted by molar-refractivity contribution is 0.0819. The van der Waals surface area contributed by atoms with Crippen molar-refractivity contribution in [3.05, 3.63) is 35.9 Å². The van der Waals surface area contributed by atoms with Gasteiger partial charge in [-0.05, 0) is 79.9 Å². The van der Waals surface area contributed by atoms with Gasteiger partial charge in [-0.1, -0.05) is 102 Å². The van der Waals surface area contributed by atoms with Crippen LogP contribution in [-0.2, 0) is 0 Å². The SMILES string of the molecule is CCCCCCCCCCC1CCC(C2CCC(C=Cc3ccc(OCC(F)F)cc3)CC2)CC1. The molecule has 198 valence electrons. The van der Waals surface area contributed by atoms with Crippen LogP contribution in [0, 0.1) is 23.7 Å². The van der Waals surface area contributed by atoms with E-state index in [0.717, 1.165) is 23.3 Å². The number of allylic oxidation sites excluding steroid dienone is 1.